The summed E-state index contributed by atoms with van der Waals surface area (Å²) in [7, 11) is 0. The van der Waals surface area contributed by atoms with Gasteiger partial charge in [0.25, 0.3) is 0 Å². The normalized spacial score (nSPS) is 12.8. The van der Waals surface area contributed by atoms with Gasteiger partial charge in [-0.05, 0) is 24.3 Å². The zero-order chi connectivity index (χ0) is 19.6. The Morgan fingerprint density at radius 2 is 1.84 bits per heavy atom. The van der Waals surface area contributed by atoms with E-state index in [0.717, 1.165) is 10.8 Å². The molecule has 0 amide bonds. The van der Waals surface area contributed by atoms with Gasteiger partial charge >= 0.3 is 6.18 Å². The molecule has 138 valence electrons. The van der Waals surface area contributed by atoms with Crippen molar-refractivity contribution in [3.8, 4) is 6.07 Å². The van der Waals surface area contributed by atoms with E-state index in [4.69, 9.17) is 10.4 Å². The number of fused-ring (bicyclic) bond motifs is 1. The minimum atomic E-state index is -4.46. The number of aromatic nitrogens is 1. The summed E-state index contributed by atoms with van der Waals surface area (Å²) in [6, 6.07) is 9.98. The van der Waals surface area contributed by atoms with Crippen LogP contribution in [0.3, 0.4) is 0 Å². The summed E-state index contributed by atoms with van der Waals surface area (Å²) in [5, 5.41) is 19.3. The lowest BCUT2D eigenvalue weighted by Crippen LogP contribution is -2.34. The van der Waals surface area contributed by atoms with E-state index in [2.05, 4.69) is 17.1 Å². The number of rotatable bonds is 2. The van der Waals surface area contributed by atoms with Crippen molar-refractivity contribution in [2.75, 3.05) is 0 Å². The van der Waals surface area contributed by atoms with Gasteiger partial charge < -0.3 is 5.11 Å². The first-order chi connectivity index (χ1) is 11.7. The zero-order valence-electron chi connectivity index (χ0n) is 15.2. The van der Waals surface area contributed by atoms with E-state index in [9.17, 15) is 13.2 Å². The Morgan fingerprint density at radius 3 is 2.28 bits per heavy atom. The predicted octanol–water partition coefficient (Wildman–Crippen LogP) is 5.40. The number of hydrogen-bond donors (Lipinski definition) is 1. The molecule has 1 heterocycles. The van der Waals surface area contributed by atoms with Gasteiger partial charge in [-0.15, -0.1) is 0 Å². The molecule has 0 fully saturated rings. The molecule has 3 nitrogen and oxygen atoms in total. The second-order valence-electron chi connectivity index (χ2n) is 5.37. The third-order valence-corrected chi connectivity index (χ3v) is 3.54. The number of aliphatic hydroxyl groups excluding tert-OH is 1. The van der Waals surface area contributed by atoms with Gasteiger partial charge in [-0.25, -0.2) is 4.98 Å². The van der Waals surface area contributed by atoms with Crippen LogP contribution < -0.4 is 0 Å². The highest BCUT2D eigenvalue weighted by Crippen LogP contribution is 2.26. The molecule has 2 atom stereocenters. The second-order valence-corrected chi connectivity index (χ2v) is 5.37. The molecule has 0 aliphatic heterocycles. The van der Waals surface area contributed by atoms with E-state index in [-0.39, 0.29) is 0 Å². The van der Waals surface area contributed by atoms with Crippen molar-refractivity contribution >= 4 is 10.8 Å². The molecule has 2 unspecified atom stereocenters. The molecule has 1 N–H and O–H groups in total. The lowest BCUT2D eigenvalue weighted by atomic mass is 10.0. The van der Waals surface area contributed by atoms with Crippen LogP contribution in [-0.2, 0) is 0 Å². The number of nitriles is 1. The minimum absolute atomic E-state index is 0.334. The van der Waals surface area contributed by atoms with Crippen molar-refractivity contribution in [1.82, 2.24) is 4.98 Å². The summed E-state index contributed by atoms with van der Waals surface area (Å²) >= 11 is 0. The molecule has 0 aliphatic rings. The van der Waals surface area contributed by atoms with Gasteiger partial charge in [0.2, 0.25) is 0 Å². The van der Waals surface area contributed by atoms with Crippen LogP contribution in [0.1, 0.15) is 45.4 Å². The minimum Gasteiger partial charge on any atom is -0.383 e. The van der Waals surface area contributed by atoms with Crippen LogP contribution in [0.2, 0.25) is 0 Å². The molecule has 0 aliphatic carbocycles. The quantitative estimate of drug-likeness (QED) is 0.786. The zero-order valence-corrected chi connectivity index (χ0v) is 15.2. The number of nitrogens with zero attached hydrogens (tertiary/aromatic N) is 2. The van der Waals surface area contributed by atoms with Gasteiger partial charge in [0.15, 0.2) is 6.10 Å². The molecular formula is C19H25F3N2O. The van der Waals surface area contributed by atoms with Gasteiger partial charge in [-0.1, -0.05) is 57.9 Å². The molecule has 0 saturated carbocycles. The molecule has 0 spiro atoms. The fraction of sp³-hybridized carbons (Fsp3) is 0.474. The van der Waals surface area contributed by atoms with Crippen molar-refractivity contribution < 1.29 is 18.3 Å². The van der Waals surface area contributed by atoms with Crippen LogP contribution in [0.25, 0.3) is 10.8 Å². The van der Waals surface area contributed by atoms with Crippen LogP contribution in [0.15, 0.2) is 30.5 Å². The number of alkyl halides is 3. The Bertz CT molecular complexity index is 693. The van der Waals surface area contributed by atoms with Crippen molar-refractivity contribution in [3.05, 3.63) is 41.7 Å². The molecule has 0 saturated heterocycles. The highest BCUT2D eigenvalue weighted by atomic mass is 19.4. The third-order valence-electron chi connectivity index (χ3n) is 3.54. The SMILES string of the molecule is CC.CCC(C)C(O)C(F)(F)F.Cc1ccc2c(C#N)nccc2c1. The molecule has 2 rings (SSSR count). The van der Waals surface area contributed by atoms with Gasteiger partial charge in [0, 0.05) is 11.6 Å². The summed E-state index contributed by atoms with van der Waals surface area (Å²) in [5.74, 6) is -0.708. The maximum atomic E-state index is 11.6. The Hall–Kier alpha value is -2.13. The Morgan fingerprint density at radius 1 is 1.24 bits per heavy atom. The Labute approximate surface area is 147 Å². The van der Waals surface area contributed by atoms with Crippen LogP contribution in [0.4, 0.5) is 13.2 Å². The summed E-state index contributed by atoms with van der Waals surface area (Å²) in [6.45, 7) is 9.02. The van der Waals surface area contributed by atoms with E-state index in [0.29, 0.717) is 12.1 Å². The van der Waals surface area contributed by atoms with Crippen LogP contribution in [0, 0.1) is 24.2 Å². The summed E-state index contributed by atoms with van der Waals surface area (Å²) in [5.41, 5.74) is 1.69. The van der Waals surface area contributed by atoms with Gasteiger partial charge in [-0.3, -0.25) is 0 Å². The molecule has 2 aromatic rings. The highest BCUT2D eigenvalue weighted by Gasteiger charge is 2.40. The molecule has 1 aromatic carbocycles. The monoisotopic (exact) mass is 354 g/mol. The number of benzene rings is 1. The van der Waals surface area contributed by atoms with E-state index < -0.39 is 18.2 Å². The number of aryl methyl sites for hydroxylation is 1. The second kappa shape index (κ2) is 10.7. The molecular weight excluding hydrogens is 329 g/mol. The third kappa shape index (κ3) is 7.10. The summed E-state index contributed by atoms with van der Waals surface area (Å²) in [6.07, 6.45) is -4.63. The molecule has 0 radical (unpaired) electrons. The molecule has 0 bridgehead atoms. The maximum Gasteiger partial charge on any atom is 0.414 e. The van der Waals surface area contributed by atoms with Gasteiger partial charge in [-0.2, -0.15) is 18.4 Å². The lowest BCUT2D eigenvalue weighted by Gasteiger charge is -2.19. The van der Waals surface area contributed by atoms with Gasteiger partial charge in [0.1, 0.15) is 11.8 Å². The average Bonchev–Trinajstić information content (AvgIpc) is 2.61. The number of halogens is 3. The van der Waals surface area contributed by atoms with Crippen molar-refractivity contribution in [2.45, 2.75) is 53.3 Å². The maximum absolute atomic E-state index is 11.6. The van der Waals surface area contributed by atoms with E-state index in [1.54, 1.807) is 13.1 Å². The first-order valence-electron chi connectivity index (χ1n) is 8.21. The average molecular weight is 354 g/mol. The van der Waals surface area contributed by atoms with Crippen molar-refractivity contribution in [2.24, 2.45) is 5.92 Å². The van der Waals surface area contributed by atoms with Crippen LogP contribution >= 0.6 is 0 Å². The largest absolute Gasteiger partial charge is 0.414 e. The standard InChI is InChI=1S/C11H8N2.C6H11F3O.C2H6/c1-8-2-3-10-9(6-8)4-5-13-11(10)7-12;1-3-4(2)5(10)6(7,8)9;1-2/h2-6H,1H3;4-5,10H,3H2,1-2H3;1-2H3. The van der Waals surface area contributed by atoms with Crippen LogP contribution in [0.5, 0.6) is 0 Å². The highest BCUT2D eigenvalue weighted by molar-refractivity contribution is 5.86. The molecule has 6 heteroatoms. The van der Waals surface area contributed by atoms with Crippen molar-refractivity contribution in [1.29, 1.82) is 5.26 Å². The van der Waals surface area contributed by atoms with E-state index >= 15 is 0 Å². The van der Waals surface area contributed by atoms with Gasteiger partial charge in [0.05, 0.1) is 0 Å². The fourth-order valence-corrected chi connectivity index (χ4v) is 1.93. The van der Waals surface area contributed by atoms with Crippen LogP contribution in [-0.4, -0.2) is 22.4 Å². The smallest absolute Gasteiger partial charge is 0.383 e. The van der Waals surface area contributed by atoms with Crippen molar-refractivity contribution in [3.63, 3.8) is 0 Å². The van der Waals surface area contributed by atoms with E-state index in [1.807, 2.05) is 39.0 Å². The summed E-state index contributed by atoms with van der Waals surface area (Å²) in [4.78, 5) is 3.99. The molecule has 25 heavy (non-hydrogen) atoms. The topological polar surface area (TPSA) is 56.9 Å². The first kappa shape index (κ1) is 22.9. The first-order valence-corrected chi connectivity index (χ1v) is 8.21. The number of aliphatic hydroxyl groups is 1. The number of hydrogen-bond acceptors (Lipinski definition) is 3. The predicted molar refractivity (Wildman–Crippen MR) is 94.1 cm³/mol. The Kier molecular flexibility index (Phi) is 9.77. The lowest BCUT2D eigenvalue weighted by molar-refractivity contribution is -0.217. The van der Waals surface area contributed by atoms with E-state index in [1.165, 1.54) is 12.5 Å². The Balaban J connectivity index is 0.000000434. The summed E-state index contributed by atoms with van der Waals surface area (Å²) < 4.78 is 34.9. The fourth-order valence-electron chi connectivity index (χ4n) is 1.93. The molecule has 1 aromatic heterocycles. The number of pyridine rings is 1.